The fraction of sp³-hybridized carbons (Fsp3) is 0.245. The number of fused-ring (bicyclic) bond motifs is 5. The molecule has 2 N–H and O–H groups in total. The summed E-state index contributed by atoms with van der Waals surface area (Å²) in [6.07, 6.45) is 3.41. The third-order valence-electron chi connectivity index (χ3n) is 9.95. The van der Waals surface area contributed by atoms with E-state index < -0.39 is 0 Å². The highest BCUT2D eigenvalue weighted by molar-refractivity contribution is 9.10. The second-order valence-electron chi connectivity index (χ2n) is 16.1. The molecule has 79 heavy (non-hydrogen) atoms. The van der Waals surface area contributed by atoms with Gasteiger partial charge in [0.25, 0.3) is 20.8 Å². The monoisotopic (exact) mass is 1350 g/mol. The second-order valence-corrected chi connectivity index (χ2v) is 24.2. The number of hydrogen-bond acceptors (Lipinski definition) is 21. The van der Waals surface area contributed by atoms with Crippen molar-refractivity contribution in [3.8, 4) is 49.8 Å². The molecule has 0 spiro atoms. The van der Waals surface area contributed by atoms with Crippen LogP contribution in [0.5, 0.6) is 49.8 Å². The number of Topliss-reactive ketones (excluding diaryl/α,β-unsaturated/α-hetero) is 1. The molecule has 5 aromatic carbocycles. The molecule has 26 heteroatoms. The lowest BCUT2D eigenvalue weighted by atomic mass is 10.1. The van der Waals surface area contributed by atoms with E-state index in [1.807, 2.05) is 71.0 Å². The quantitative estimate of drug-likeness (QED) is 0.0980. The molecule has 0 amide bonds. The molecule has 1 atom stereocenters. The zero-order valence-electron chi connectivity index (χ0n) is 42.8. The van der Waals surface area contributed by atoms with Gasteiger partial charge in [0.2, 0.25) is 11.8 Å². The van der Waals surface area contributed by atoms with Crippen LogP contribution in [0.2, 0.25) is 14.5 Å². The van der Waals surface area contributed by atoms with Gasteiger partial charge >= 0.3 is 0 Å². The first-order valence-electron chi connectivity index (χ1n) is 23.9. The molecule has 0 saturated heterocycles. The standard InChI is InChI=1S/C19H20ClN3O4S.C9H8BrNOS.C9H8ClNO2S.C9H9NO2S.C7H3BrClNS/c1-4-25-19-23-13-5-6-14(17(20)18(13)28-19)27-16-9-21-15(8-22-16)26-10-11(2)7-12(3)24;1-2-12-9-11-7-4-3-6(10)5-8(7)13-9;1-2-13-9-11-5-3-4-6(12)7(10)8(5)14-9;1-2-12-9-10-7-4-3-6(11)5-8(7)13-9;8-4-1-2-5-6(3-4)11-7(9)10-5/h5-6,8-9,11H,4,7,10H2,1-3H3;3-5H,2H2,1H3;3-4,12H,2H2,1H3;3-5,11H,2H2,1H3;1-3H/t11-;;;;/m1..../s1. The average molecular weight is 1350 g/mol. The largest absolute Gasteiger partial charge is 0.508 e. The summed E-state index contributed by atoms with van der Waals surface area (Å²) >= 11 is 32.1. The molecule has 0 radical (unpaired) electrons. The highest BCUT2D eigenvalue weighted by Crippen LogP contribution is 2.41. The van der Waals surface area contributed by atoms with Gasteiger partial charge in [-0.25, -0.2) is 34.9 Å². The van der Waals surface area contributed by atoms with Gasteiger partial charge in [-0.15, -0.1) is 11.3 Å². The molecular weight excluding hydrogens is 1310 g/mol. The number of aromatic hydroxyl groups is 2. The third-order valence-corrected chi connectivity index (χ3v) is 16.9. The number of benzene rings is 5. The van der Waals surface area contributed by atoms with Crippen LogP contribution in [0, 0.1) is 5.92 Å². The predicted octanol–water partition coefficient (Wildman–Crippen LogP) is 17.5. The predicted molar refractivity (Wildman–Crippen MR) is 329 cm³/mol. The van der Waals surface area contributed by atoms with Gasteiger partial charge in [0.1, 0.15) is 33.1 Å². The van der Waals surface area contributed by atoms with Crippen LogP contribution in [0.15, 0.2) is 100 Å². The van der Waals surface area contributed by atoms with Crippen LogP contribution < -0.4 is 28.4 Å². The van der Waals surface area contributed by atoms with Gasteiger partial charge in [-0.05, 0) is 119 Å². The summed E-state index contributed by atoms with van der Waals surface area (Å²) in [5.74, 6) is 1.70. The summed E-state index contributed by atoms with van der Waals surface area (Å²) in [6.45, 7) is 14.0. The first-order valence-corrected chi connectivity index (χ1v) is 30.7. The van der Waals surface area contributed by atoms with Crippen molar-refractivity contribution in [2.24, 2.45) is 5.92 Å². The Kier molecular flexibility index (Phi) is 23.1. The van der Waals surface area contributed by atoms with Gasteiger partial charge in [0.05, 0.1) is 96.5 Å². The first kappa shape index (κ1) is 61.2. The van der Waals surface area contributed by atoms with Crippen LogP contribution in [0.25, 0.3) is 51.1 Å². The van der Waals surface area contributed by atoms with Gasteiger partial charge < -0.3 is 43.4 Å². The molecule has 6 heterocycles. The number of phenols is 2. The molecule has 414 valence electrons. The Hall–Kier alpha value is -5.47. The number of carbonyl (C=O) groups is 1. The van der Waals surface area contributed by atoms with E-state index >= 15 is 0 Å². The molecule has 16 nitrogen and oxygen atoms in total. The number of halogens is 5. The van der Waals surface area contributed by atoms with Gasteiger partial charge in [-0.2, -0.15) is 0 Å². The number of thiazole rings is 5. The van der Waals surface area contributed by atoms with Crippen LogP contribution >= 0.6 is 123 Å². The van der Waals surface area contributed by atoms with Gasteiger partial charge in [-0.1, -0.05) is 119 Å². The average Bonchev–Trinajstić information content (AvgIpc) is 4.31. The van der Waals surface area contributed by atoms with E-state index in [2.05, 4.69) is 72.8 Å². The number of carbonyl (C=O) groups excluding carboxylic acids is 1. The van der Waals surface area contributed by atoms with Crippen molar-refractivity contribution in [1.29, 1.82) is 0 Å². The maximum Gasteiger partial charge on any atom is 0.274 e. The van der Waals surface area contributed by atoms with Crippen LogP contribution in [0.3, 0.4) is 0 Å². The Morgan fingerprint density at radius 3 is 1.56 bits per heavy atom. The van der Waals surface area contributed by atoms with Crippen molar-refractivity contribution in [3.05, 3.63) is 115 Å². The summed E-state index contributed by atoms with van der Waals surface area (Å²) in [5.41, 5.74) is 4.33. The number of nitrogens with zero attached hydrogens (tertiary/aromatic N) is 7. The minimum Gasteiger partial charge on any atom is -0.508 e. The molecule has 0 aliphatic heterocycles. The highest BCUT2D eigenvalue weighted by Gasteiger charge is 2.15. The van der Waals surface area contributed by atoms with Gasteiger partial charge in [-0.3, -0.25) is 0 Å². The fourth-order valence-corrected chi connectivity index (χ4v) is 12.9. The normalized spacial score (nSPS) is 11.1. The number of hydrogen-bond donors (Lipinski definition) is 2. The van der Waals surface area contributed by atoms with E-state index in [0.717, 1.165) is 65.2 Å². The zero-order chi connectivity index (χ0) is 56.6. The number of ketones is 1. The van der Waals surface area contributed by atoms with E-state index in [9.17, 15) is 15.0 Å². The molecule has 0 bridgehead atoms. The summed E-state index contributed by atoms with van der Waals surface area (Å²) in [5, 5.41) is 21.9. The Balaban J connectivity index is 0.000000151. The van der Waals surface area contributed by atoms with Gasteiger partial charge in [0, 0.05) is 15.4 Å². The number of ether oxygens (including phenoxy) is 6. The van der Waals surface area contributed by atoms with E-state index in [0.29, 0.717) is 87.1 Å². The maximum absolute atomic E-state index is 11.1. The molecule has 11 rings (SSSR count). The summed E-state index contributed by atoms with van der Waals surface area (Å²) in [6, 6.07) is 23.8. The van der Waals surface area contributed by atoms with Crippen LogP contribution in [-0.4, -0.2) is 83.9 Å². The molecular formula is C53H48Br2Cl3N7O9S5. The second kappa shape index (κ2) is 29.8. The Morgan fingerprint density at radius 2 is 1.01 bits per heavy atom. The number of phenolic OH excluding ortho intramolecular Hbond substituents is 2. The Bertz CT molecular complexity index is 3710. The minimum absolute atomic E-state index is 0.0749. The fourth-order valence-electron chi connectivity index (χ4n) is 6.63. The zero-order valence-corrected chi connectivity index (χ0v) is 52.3. The molecule has 0 unspecified atom stereocenters. The Labute approximate surface area is 505 Å². The molecule has 11 aromatic rings. The molecule has 6 aromatic heterocycles. The summed E-state index contributed by atoms with van der Waals surface area (Å²) < 4.78 is 40.1. The van der Waals surface area contributed by atoms with Crippen LogP contribution in [0.4, 0.5) is 0 Å². The molecule has 0 fully saturated rings. The smallest absolute Gasteiger partial charge is 0.274 e. The third kappa shape index (κ3) is 17.8. The van der Waals surface area contributed by atoms with Crippen molar-refractivity contribution in [2.45, 2.75) is 48.0 Å². The SMILES string of the molecule is CCOc1nc2ccc(Br)cc2s1.CCOc1nc2ccc(O)c(Cl)c2s1.CCOc1nc2ccc(O)cc2s1.CCOc1nc2ccc(Oc3cnc(OC[C@H](C)CC(C)=O)cn3)c(Cl)c2s1.Clc1nc2ccc(Br)cc2s1. The van der Waals surface area contributed by atoms with Crippen molar-refractivity contribution >= 4 is 180 Å². The lowest BCUT2D eigenvalue weighted by molar-refractivity contribution is -0.118. The Morgan fingerprint density at radius 1 is 0.557 bits per heavy atom. The van der Waals surface area contributed by atoms with E-state index in [1.54, 1.807) is 48.6 Å². The first-order chi connectivity index (χ1) is 38.0. The number of aromatic nitrogens is 7. The minimum atomic E-state index is 0.0749. The maximum atomic E-state index is 11.1. The summed E-state index contributed by atoms with van der Waals surface area (Å²) in [7, 11) is 0. The van der Waals surface area contributed by atoms with Gasteiger partial charge in [0.15, 0.2) is 4.47 Å². The van der Waals surface area contributed by atoms with E-state index in [-0.39, 0.29) is 23.2 Å². The van der Waals surface area contributed by atoms with E-state index in [4.69, 9.17) is 63.2 Å². The number of rotatable bonds is 15. The van der Waals surface area contributed by atoms with Crippen molar-refractivity contribution in [1.82, 2.24) is 34.9 Å². The van der Waals surface area contributed by atoms with Crippen LogP contribution in [-0.2, 0) is 4.79 Å². The van der Waals surface area contributed by atoms with Crippen LogP contribution in [0.1, 0.15) is 48.0 Å². The lowest BCUT2D eigenvalue weighted by Crippen LogP contribution is -2.12. The highest BCUT2D eigenvalue weighted by atomic mass is 79.9. The topological polar surface area (TPSA) is 203 Å². The van der Waals surface area contributed by atoms with E-state index in [1.165, 1.54) is 63.8 Å². The summed E-state index contributed by atoms with van der Waals surface area (Å²) in [4.78, 5) is 40.7. The molecule has 0 aliphatic rings. The van der Waals surface area contributed by atoms with Crippen molar-refractivity contribution in [2.75, 3.05) is 33.0 Å². The van der Waals surface area contributed by atoms with Crippen molar-refractivity contribution < 1.29 is 43.4 Å². The van der Waals surface area contributed by atoms with Crippen molar-refractivity contribution in [3.63, 3.8) is 0 Å². The molecule has 0 saturated carbocycles. The lowest BCUT2D eigenvalue weighted by Gasteiger charge is -2.11. The molecule has 0 aliphatic carbocycles.